The lowest BCUT2D eigenvalue weighted by molar-refractivity contribution is 0.0161. The molecule has 0 aromatic carbocycles. The number of ether oxygens (including phenoxy) is 1. The van der Waals surface area contributed by atoms with E-state index in [1.54, 1.807) is 0 Å². The van der Waals surface area contributed by atoms with Gasteiger partial charge in [-0.3, -0.25) is 0 Å². The van der Waals surface area contributed by atoms with Gasteiger partial charge in [0.1, 0.15) is 5.60 Å². The van der Waals surface area contributed by atoms with Gasteiger partial charge in [0.25, 0.3) is 0 Å². The average molecular weight is 285 g/mol. The number of hydrogen-bond acceptors (Lipinski definition) is 3. The zero-order valence-corrected chi connectivity index (χ0v) is 13.6. The molecule has 0 spiro atoms. The van der Waals surface area contributed by atoms with Crippen LogP contribution in [0.5, 0.6) is 0 Å². The van der Waals surface area contributed by atoms with E-state index in [0.717, 1.165) is 12.8 Å². The minimum absolute atomic E-state index is 0.180. The van der Waals surface area contributed by atoms with Crippen LogP contribution in [0.15, 0.2) is 0 Å². The van der Waals surface area contributed by atoms with Crippen LogP contribution in [0.4, 0.5) is 4.79 Å². The molecule has 4 heteroatoms. The predicted octanol–water partition coefficient (Wildman–Crippen LogP) is 3.48. The first-order valence-corrected chi connectivity index (χ1v) is 7.88. The molecule has 1 saturated carbocycles. The summed E-state index contributed by atoms with van der Waals surface area (Å²) in [5.74, 6) is 0.477. The number of rotatable bonds is 4. The first-order chi connectivity index (χ1) is 9.20. The third-order valence-corrected chi connectivity index (χ3v) is 3.90. The Labute approximate surface area is 123 Å². The summed E-state index contributed by atoms with van der Waals surface area (Å²) < 4.78 is 5.29. The number of aliphatic hydroxyl groups excluding tert-OH is 1. The molecule has 0 bridgehead atoms. The van der Waals surface area contributed by atoms with Gasteiger partial charge < -0.3 is 15.2 Å². The van der Waals surface area contributed by atoms with Crippen molar-refractivity contribution in [1.82, 2.24) is 5.32 Å². The van der Waals surface area contributed by atoms with E-state index in [2.05, 4.69) is 5.32 Å². The van der Waals surface area contributed by atoms with Gasteiger partial charge in [-0.2, -0.15) is 0 Å². The number of carbonyl (C=O) groups is 1. The molecule has 1 amide bonds. The van der Waals surface area contributed by atoms with Gasteiger partial charge in [-0.15, -0.1) is 0 Å². The van der Waals surface area contributed by atoms with Gasteiger partial charge in [0.05, 0.1) is 12.1 Å². The van der Waals surface area contributed by atoms with Crippen molar-refractivity contribution in [3.63, 3.8) is 0 Å². The molecule has 0 saturated heterocycles. The van der Waals surface area contributed by atoms with Crippen molar-refractivity contribution in [2.45, 2.75) is 84.5 Å². The van der Waals surface area contributed by atoms with Crippen LogP contribution in [0, 0.1) is 11.8 Å². The van der Waals surface area contributed by atoms with Gasteiger partial charge in [-0.25, -0.2) is 4.79 Å². The molecule has 2 N–H and O–H groups in total. The van der Waals surface area contributed by atoms with Gasteiger partial charge in [-0.05, 0) is 45.4 Å². The molecule has 1 aliphatic rings. The highest BCUT2D eigenvalue weighted by Gasteiger charge is 2.32. The summed E-state index contributed by atoms with van der Waals surface area (Å²) in [4.78, 5) is 11.9. The fourth-order valence-corrected chi connectivity index (χ4v) is 2.86. The van der Waals surface area contributed by atoms with Crippen molar-refractivity contribution >= 4 is 6.09 Å². The molecule has 1 fully saturated rings. The predicted molar refractivity (Wildman–Crippen MR) is 80.6 cm³/mol. The molecule has 2 atom stereocenters. The van der Waals surface area contributed by atoms with E-state index in [0.29, 0.717) is 5.92 Å². The molecule has 1 rings (SSSR count). The van der Waals surface area contributed by atoms with Crippen LogP contribution in [-0.4, -0.2) is 28.9 Å². The van der Waals surface area contributed by atoms with Gasteiger partial charge in [0, 0.05) is 0 Å². The third-order valence-electron chi connectivity index (χ3n) is 3.90. The Balaban J connectivity index is 2.61. The number of hydrogen-bond donors (Lipinski definition) is 2. The van der Waals surface area contributed by atoms with Crippen molar-refractivity contribution in [1.29, 1.82) is 0 Å². The summed E-state index contributed by atoms with van der Waals surface area (Å²) in [7, 11) is 0. The molecule has 4 nitrogen and oxygen atoms in total. The Morgan fingerprint density at radius 1 is 1.20 bits per heavy atom. The van der Waals surface area contributed by atoms with Crippen LogP contribution < -0.4 is 5.32 Å². The Morgan fingerprint density at radius 2 is 1.75 bits per heavy atom. The molecule has 0 aliphatic heterocycles. The molecule has 0 aromatic rings. The van der Waals surface area contributed by atoms with Gasteiger partial charge in [0.2, 0.25) is 0 Å². The number of aliphatic hydroxyl groups is 1. The second-order valence-corrected chi connectivity index (χ2v) is 7.30. The van der Waals surface area contributed by atoms with Crippen LogP contribution in [0.25, 0.3) is 0 Å². The quantitative estimate of drug-likeness (QED) is 0.831. The van der Waals surface area contributed by atoms with Crippen molar-refractivity contribution in [2.75, 3.05) is 0 Å². The highest BCUT2D eigenvalue weighted by Crippen LogP contribution is 2.29. The molecule has 0 aromatic heterocycles. The van der Waals surface area contributed by atoms with Crippen LogP contribution >= 0.6 is 0 Å². The lowest BCUT2D eigenvalue weighted by Gasteiger charge is -2.35. The van der Waals surface area contributed by atoms with Crippen molar-refractivity contribution in [3.05, 3.63) is 0 Å². The molecule has 0 unspecified atom stereocenters. The lowest BCUT2D eigenvalue weighted by atomic mass is 9.80. The summed E-state index contributed by atoms with van der Waals surface area (Å²) in [6.45, 7) is 9.57. The largest absolute Gasteiger partial charge is 0.444 e. The minimum Gasteiger partial charge on any atom is -0.444 e. The van der Waals surface area contributed by atoms with Crippen LogP contribution in [0.2, 0.25) is 0 Å². The van der Waals surface area contributed by atoms with E-state index >= 15 is 0 Å². The van der Waals surface area contributed by atoms with Crippen LogP contribution in [0.1, 0.15) is 66.7 Å². The molecule has 118 valence electrons. The summed E-state index contributed by atoms with van der Waals surface area (Å²) in [5.41, 5.74) is -0.512. The SMILES string of the molecule is CC(C)[C@@H](NC(=O)OC(C)(C)C)[C@H](O)C1CCCCC1. The fourth-order valence-electron chi connectivity index (χ4n) is 2.86. The molecule has 1 aliphatic carbocycles. The number of nitrogens with one attached hydrogen (secondary N) is 1. The van der Waals surface area contributed by atoms with E-state index in [1.165, 1.54) is 19.3 Å². The maximum absolute atomic E-state index is 11.9. The second kappa shape index (κ2) is 7.30. The summed E-state index contributed by atoms with van der Waals surface area (Å²) in [5, 5.41) is 13.4. The average Bonchev–Trinajstić information content (AvgIpc) is 2.34. The summed E-state index contributed by atoms with van der Waals surface area (Å²) in [6, 6.07) is -0.243. The normalized spacial score (nSPS) is 20.6. The highest BCUT2D eigenvalue weighted by molar-refractivity contribution is 5.68. The maximum atomic E-state index is 11.9. The zero-order valence-electron chi connectivity index (χ0n) is 13.6. The first kappa shape index (κ1) is 17.3. The Morgan fingerprint density at radius 3 is 2.20 bits per heavy atom. The Kier molecular flexibility index (Phi) is 6.31. The van der Waals surface area contributed by atoms with Gasteiger partial charge >= 0.3 is 6.09 Å². The minimum atomic E-state index is -0.512. The fraction of sp³-hybridized carbons (Fsp3) is 0.938. The zero-order chi connectivity index (χ0) is 15.3. The highest BCUT2D eigenvalue weighted by atomic mass is 16.6. The third kappa shape index (κ3) is 5.70. The Hall–Kier alpha value is -0.770. The number of carbonyl (C=O) groups excluding carboxylic acids is 1. The van der Waals surface area contributed by atoms with Crippen molar-refractivity contribution in [3.8, 4) is 0 Å². The van der Waals surface area contributed by atoms with E-state index < -0.39 is 17.8 Å². The van der Waals surface area contributed by atoms with Crippen molar-refractivity contribution in [2.24, 2.45) is 11.8 Å². The van der Waals surface area contributed by atoms with Crippen LogP contribution in [-0.2, 0) is 4.74 Å². The van der Waals surface area contributed by atoms with E-state index in [4.69, 9.17) is 4.74 Å². The van der Waals surface area contributed by atoms with Crippen LogP contribution in [0.3, 0.4) is 0 Å². The number of amides is 1. The molecule has 20 heavy (non-hydrogen) atoms. The maximum Gasteiger partial charge on any atom is 0.407 e. The van der Waals surface area contributed by atoms with Gasteiger partial charge in [0.15, 0.2) is 0 Å². The van der Waals surface area contributed by atoms with E-state index in [9.17, 15) is 9.90 Å². The number of alkyl carbamates (subject to hydrolysis) is 1. The van der Waals surface area contributed by atoms with E-state index in [-0.39, 0.29) is 12.0 Å². The first-order valence-electron chi connectivity index (χ1n) is 7.88. The standard InChI is InChI=1S/C16H31NO3/c1-11(2)13(17-15(19)20-16(3,4)5)14(18)12-9-7-6-8-10-12/h11-14,18H,6-10H2,1-5H3,(H,17,19)/t13-,14-/m1/s1. The lowest BCUT2D eigenvalue weighted by Crippen LogP contribution is -2.51. The molecular weight excluding hydrogens is 254 g/mol. The topological polar surface area (TPSA) is 58.6 Å². The van der Waals surface area contributed by atoms with Gasteiger partial charge in [-0.1, -0.05) is 33.1 Å². The van der Waals surface area contributed by atoms with Crippen molar-refractivity contribution < 1.29 is 14.6 Å². The molecule has 0 heterocycles. The summed E-state index contributed by atoms with van der Waals surface area (Å²) >= 11 is 0. The second-order valence-electron chi connectivity index (χ2n) is 7.30. The smallest absolute Gasteiger partial charge is 0.407 e. The summed E-state index contributed by atoms with van der Waals surface area (Å²) in [6.07, 6.45) is 4.81. The monoisotopic (exact) mass is 285 g/mol. The van der Waals surface area contributed by atoms with E-state index in [1.807, 2.05) is 34.6 Å². The molecular formula is C16H31NO3. The Bertz CT molecular complexity index is 303. The molecule has 0 radical (unpaired) electrons.